The van der Waals surface area contributed by atoms with E-state index < -0.39 is 322 Å². The van der Waals surface area contributed by atoms with Gasteiger partial charge in [-0.05, 0) is 25.7 Å². The summed E-state index contributed by atoms with van der Waals surface area (Å²) in [7, 11) is -93.5. The van der Waals surface area contributed by atoms with Crippen molar-refractivity contribution in [3.05, 3.63) is 0 Å². The quantitative estimate of drug-likeness (QED) is 0.0199. The Morgan fingerprint density at radius 1 is 0.270 bits per heavy atom. The maximum absolute atomic E-state index is 11.3. The van der Waals surface area contributed by atoms with Gasteiger partial charge in [0, 0.05) is 13.3 Å². The first-order valence-corrected chi connectivity index (χ1v) is 63.9. The van der Waals surface area contributed by atoms with Crippen LogP contribution in [0.1, 0.15) is 72.6 Å². The number of amides is 1. The van der Waals surface area contributed by atoms with Crippen molar-refractivity contribution in [3.63, 3.8) is 0 Å². The third-order valence-corrected chi connectivity index (χ3v) is 36.4. The molecule has 0 radical (unpaired) electrons. The summed E-state index contributed by atoms with van der Waals surface area (Å²) >= 11 is 0. The second-order valence-electron chi connectivity index (χ2n) is 25.4. The van der Waals surface area contributed by atoms with Crippen LogP contribution in [0.2, 0.25) is 0 Å². The first kappa shape index (κ1) is 139. The van der Waals surface area contributed by atoms with Crippen molar-refractivity contribution in [2.24, 2.45) is 11.5 Å². The van der Waals surface area contributed by atoms with E-state index in [1.807, 2.05) is 0 Å². The summed E-state index contributed by atoms with van der Waals surface area (Å²) < 4.78 is 208. The normalized spacial score (nSPS) is 14.6. The topological polar surface area (TPSA) is 1310 Å². The highest BCUT2D eigenvalue weighted by molar-refractivity contribution is 7.73. The molecule has 0 aromatic heterocycles. The van der Waals surface area contributed by atoms with Crippen LogP contribution in [-0.4, -0.2) is 370 Å². The minimum Gasteiger partial charge on any atom is -0.481 e. The molecular formula is C34H102N9O64P19. The Morgan fingerprint density at radius 2 is 0.468 bits per heavy atom. The number of rotatable bonds is 48. The highest BCUT2D eigenvalue weighted by atomic mass is 31.3. The first-order chi connectivity index (χ1) is 54.2. The van der Waals surface area contributed by atoms with Crippen LogP contribution >= 0.6 is 144 Å². The number of hydrogen-bond acceptors (Lipinski definition) is 31. The highest BCUT2D eigenvalue weighted by Gasteiger charge is 2.61. The van der Waals surface area contributed by atoms with Gasteiger partial charge >= 0.3 is 162 Å². The van der Waals surface area contributed by atoms with Crippen molar-refractivity contribution in [1.29, 1.82) is 0 Å². The molecule has 0 aliphatic rings. The van der Waals surface area contributed by atoms with Gasteiger partial charge in [0.15, 0.2) is 5.16 Å². The summed E-state index contributed by atoms with van der Waals surface area (Å²) in [6.07, 6.45) is -18.9. The van der Waals surface area contributed by atoms with Crippen LogP contribution < -0.4 is 16.8 Å². The van der Waals surface area contributed by atoms with E-state index >= 15 is 0 Å². The van der Waals surface area contributed by atoms with Crippen molar-refractivity contribution < 1.29 is 307 Å². The maximum Gasteiger partial charge on any atom is 0.363 e. The average Bonchev–Trinajstić information content (AvgIpc) is 0.766. The lowest BCUT2D eigenvalue weighted by Gasteiger charge is -2.34. The van der Waals surface area contributed by atoms with E-state index in [9.17, 15) is 106 Å². The van der Waals surface area contributed by atoms with Gasteiger partial charge in [0.05, 0.1) is 26.4 Å². The fourth-order valence-corrected chi connectivity index (χ4v) is 26.5. The molecule has 126 heavy (non-hydrogen) atoms. The van der Waals surface area contributed by atoms with Crippen LogP contribution in [0.3, 0.4) is 0 Å². The molecule has 73 nitrogen and oxygen atoms in total. The Kier molecular flexibility index (Phi) is 58.6. The van der Waals surface area contributed by atoms with Crippen molar-refractivity contribution in [2.75, 3.05) is 95.4 Å². The molecule has 0 spiro atoms. The van der Waals surface area contributed by atoms with Crippen LogP contribution in [0.15, 0.2) is 0 Å². The van der Waals surface area contributed by atoms with Crippen molar-refractivity contribution in [2.45, 2.75) is 92.9 Å². The van der Waals surface area contributed by atoms with E-state index in [0.29, 0.717) is 29.4 Å². The average molecular weight is 2250 g/mol. The van der Waals surface area contributed by atoms with Gasteiger partial charge in [-0.2, -0.15) is 0 Å². The SMILES string of the molecule is CCC(N)(P(=O)(O)O)P(=O)(O)O.CCC(NC(C)=O)(P(=O)(O)O)P(=O)(O)O.CCCC(N)(P(=O)(O)O)P(=O)(O)O.O=C(O)CCC(CC(=O)O)(C(=O)O)P(=O)(O)O.O=P(O)(O)CN(CN(CP(=O)(O)O)CP(=O)(O)O)CN(CP(=O)(O)O)CP(=O)(O)O.O=P(O)(O)CN(CN(CP(=O)(O)O)CP(=O)(O)O)CP(=O)(O)O.O=P(O)(O)CN(CP(=O)(O)O)CP(=O)(O)O. The zero-order chi connectivity index (χ0) is 104. The molecule has 1 unspecified atom stereocenters. The lowest BCUT2D eigenvalue weighted by atomic mass is 9.98. The molecular weight excluding hydrogens is 2150 g/mol. The van der Waals surface area contributed by atoms with Crippen LogP contribution in [0.4, 0.5) is 0 Å². The van der Waals surface area contributed by atoms with Gasteiger partial charge in [0.2, 0.25) is 21.0 Å². The highest BCUT2D eigenvalue weighted by Crippen LogP contribution is 2.70. The zero-order valence-corrected chi connectivity index (χ0v) is 81.1. The third kappa shape index (κ3) is 67.6. The van der Waals surface area contributed by atoms with Crippen LogP contribution in [-0.2, 0) is 106 Å². The lowest BCUT2D eigenvalue weighted by Crippen LogP contribution is -2.46. The van der Waals surface area contributed by atoms with Crippen molar-refractivity contribution in [3.8, 4) is 0 Å². The Bertz CT molecular complexity index is 4170. The number of carboxylic acids is 3. The van der Waals surface area contributed by atoms with E-state index in [0.717, 1.165) is 13.8 Å². The molecule has 0 fully saturated rings. The molecule has 0 aliphatic heterocycles. The van der Waals surface area contributed by atoms with E-state index in [1.54, 1.807) is 5.32 Å². The van der Waals surface area contributed by atoms with Crippen molar-refractivity contribution in [1.82, 2.24) is 34.7 Å². The Balaban J connectivity index is -0.000000268. The van der Waals surface area contributed by atoms with Gasteiger partial charge in [-0.25, -0.2) is 0 Å². The first-order valence-electron chi connectivity index (χ1n) is 31.0. The predicted octanol–water partition coefficient (Wildman–Crippen LogP) is -7.75. The molecule has 0 saturated carbocycles. The standard InChI is InChI=1S/C7H24N3O15P5.C7H11O9P.C5H18N2O12P4.C5H13NO7P2.C4H13NO6P2.C3H12NO9P3.C3H11NO6P2/c11-26(12,13)3-8(1-9(4-27(14,15)16)5-28(17,18)19)2-10(6-29(20,21)22)7-30(23,24)25;8-4(9)1-2-7(6(12)13,3-5(10)11)17(14,15)16;8-20(9,10)2-6(3-21(11,12)13)1-7(4-22(14,15)16)5-23(17,18)19;1-3-5(6-4(2)7,14(8,9)10)15(11,12)13;1-2-3-4(5,12(6,7)8)13(9,10)11;5-14(6,7)1-4(2-15(8,9)10)3-16(11,12)13;1-2-3(4,11(5,6)7)12(8,9)10/h1-7H2,(H2,11,12,13)(H2,14,15,16)(H2,17,18,19)(H2,20,21,22)(H2,23,24,25);1-3H2,(H,8,9)(H,10,11)(H,12,13)(H2,14,15,16);1-5H2,(H2,8,9,10)(H2,11,12,13)(H2,14,15,16)(H2,17,18,19);3H2,1-2H3,(H,6,7)(H2,8,9,10)(H2,11,12,13);2-3,5H2,1H3,(H2,6,7,8)(H2,9,10,11);1-3H2,(H2,5,6,7)(H2,8,9,10)(H2,11,12,13);2,4H2,1H3,(H2,5,6,7)(H2,8,9,10). The monoisotopic (exact) mass is 2250 g/mol. The number of aliphatic carboxylic acids is 3. The molecule has 0 heterocycles. The number of carbonyl (C=O) groups is 4. The predicted molar refractivity (Wildman–Crippen MR) is 418 cm³/mol. The number of nitrogens with zero attached hydrogens (tertiary/aromatic N) is 6. The fourth-order valence-electron chi connectivity index (χ4n) is 8.50. The minimum absolute atomic E-state index is 0.173. The third-order valence-electron chi connectivity index (χ3n) is 13.0. The van der Waals surface area contributed by atoms with E-state index in [-0.39, 0.29) is 6.42 Å². The van der Waals surface area contributed by atoms with Gasteiger partial charge in [0.1, 0.15) is 75.4 Å². The van der Waals surface area contributed by atoms with Crippen LogP contribution in [0.25, 0.3) is 0 Å². The Labute approximate surface area is 707 Å². The van der Waals surface area contributed by atoms with Crippen molar-refractivity contribution >= 4 is 168 Å². The number of nitrogens with two attached hydrogens (primary N) is 2. The summed E-state index contributed by atoms with van der Waals surface area (Å²) in [5.41, 5.74) is 9.96. The van der Waals surface area contributed by atoms with Crippen LogP contribution in [0.5, 0.6) is 0 Å². The summed E-state index contributed by atoms with van der Waals surface area (Å²) in [6.45, 7) is 2.00. The van der Waals surface area contributed by atoms with Crippen LogP contribution in [0, 0.1) is 0 Å². The van der Waals surface area contributed by atoms with E-state index in [1.165, 1.54) is 13.8 Å². The number of nitrogens with one attached hydrogen (secondary N) is 1. The summed E-state index contributed by atoms with van der Waals surface area (Å²) in [6, 6.07) is 0. The molecule has 0 saturated heterocycles. The molecule has 1 atom stereocenters. The lowest BCUT2D eigenvalue weighted by molar-refractivity contribution is -0.148. The van der Waals surface area contributed by atoms with Gasteiger partial charge in [-0.3, -0.25) is 135 Å². The van der Waals surface area contributed by atoms with Gasteiger partial charge in [-0.15, -0.1) is 0 Å². The molecule has 0 bridgehead atoms. The Hall–Kier alpha value is 0.410. The van der Waals surface area contributed by atoms with Gasteiger partial charge in [-0.1, -0.05) is 27.2 Å². The zero-order valence-electron chi connectivity index (χ0n) is 64.1. The molecule has 0 aromatic carbocycles. The molecule has 1 amide bonds. The number of carboxylic acid groups (broad SMARTS) is 3. The second kappa shape index (κ2) is 53.0. The summed E-state index contributed by atoms with van der Waals surface area (Å²) in [5, 5.41) is 16.0. The van der Waals surface area contributed by atoms with E-state index in [4.69, 9.17) is 213 Å². The number of hydrogen-bond donors (Lipinski definition) is 44. The molecule has 0 aliphatic carbocycles. The van der Waals surface area contributed by atoms with Gasteiger partial charge < -0.3 is 218 Å². The molecule has 0 rings (SSSR count). The van der Waals surface area contributed by atoms with E-state index in [2.05, 4.69) is 0 Å². The summed E-state index contributed by atoms with van der Waals surface area (Å²) in [5.74, 6) is -6.17. The van der Waals surface area contributed by atoms with Gasteiger partial charge in [0.25, 0.3) is 0 Å². The second-order valence-corrected chi connectivity index (χ2v) is 59.0. The maximum atomic E-state index is 11.3. The fraction of sp³-hybridized carbons (Fsp3) is 0.882. The molecule has 0 aromatic rings. The largest absolute Gasteiger partial charge is 0.481 e. The Morgan fingerprint density at radius 3 is 0.579 bits per heavy atom. The molecule has 762 valence electrons. The number of carbonyl (C=O) groups excluding carboxylic acids is 1. The smallest absolute Gasteiger partial charge is 0.363 e. The molecule has 92 heteroatoms. The minimum atomic E-state index is -5.32. The molecule has 46 N–H and O–H groups in total. The summed E-state index contributed by atoms with van der Waals surface area (Å²) in [4.78, 5) is 380.